The molecule has 2 unspecified atom stereocenters. The van der Waals surface area contributed by atoms with Crippen LogP contribution < -0.4 is 14.8 Å². The first-order valence-electron chi connectivity index (χ1n) is 12.2. The van der Waals surface area contributed by atoms with Gasteiger partial charge in [0.1, 0.15) is 0 Å². The number of ether oxygens (including phenoxy) is 4. The fourth-order valence-corrected chi connectivity index (χ4v) is 3.58. The van der Waals surface area contributed by atoms with Crippen molar-refractivity contribution < 1.29 is 43.2 Å². The van der Waals surface area contributed by atoms with Crippen LogP contribution >= 0.6 is 0 Å². The molecule has 0 aliphatic rings. The smallest absolute Gasteiger partial charge is 0.477 e. The summed E-state index contributed by atoms with van der Waals surface area (Å²) in [4.78, 5) is 49.3. The molecule has 0 fully saturated rings. The lowest BCUT2D eigenvalue weighted by Crippen LogP contribution is -2.59. The van der Waals surface area contributed by atoms with Crippen LogP contribution in [0.1, 0.15) is 72.8 Å². The van der Waals surface area contributed by atoms with Crippen LogP contribution in [0.3, 0.4) is 0 Å². The van der Waals surface area contributed by atoms with Gasteiger partial charge in [-0.1, -0.05) is 46.6 Å². The molecule has 36 heavy (non-hydrogen) atoms. The molecular weight excluding hydrogens is 470 g/mol. The second-order valence-corrected chi connectivity index (χ2v) is 9.17. The Morgan fingerprint density at radius 1 is 0.917 bits per heavy atom. The summed E-state index contributed by atoms with van der Waals surface area (Å²) >= 11 is 0. The number of nitrogens with one attached hydrogen (secondary N) is 1. The van der Waals surface area contributed by atoms with Crippen LogP contribution in [0.25, 0.3) is 0 Å². The molecule has 0 aliphatic carbocycles. The van der Waals surface area contributed by atoms with E-state index in [0.717, 1.165) is 20.0 Å². The second-order valence-electron chi connectivity index (χ2n) is 9.17. The average molecular weight is 510 g/mol. The van der Waals surface area contributed by atoms with E-state index in [1.165, 1.54) is 18.2 Å². The number of hydrogen-bond acceptors (Lipinski definition) is 9. The summed E-state index contributed by atoms with van der Waals surface area (Å²) in [7, 11) is 1.07. The number of methoxy groups -OCH3 is 1. The summed E-state index contributed by atoms with van der Waals surface area (Å²) < 4.78 is 20.8. The van der Waals surface area contributed by atoms with Gasteiger partial charge in [-0.25, -0.2) is 9.59 Å². The summed E-state index contributed by atoms with van der Waals surface area (Å²) in [5.74, 6) is -3.18. The Kier molecular flexibility index (Phi) is 12.4. The molecule has 0 saturated carbocycles. The third kappa shape index (κ3) is 9.14. The maximum Gasteiger partial charge on any atom is 0.510 e. The number of esters is 2. The molecule has 1 aromatic rings. The molecule has 1 rings (SSSR count). The highest BCUT2D eigenvalue weighted by Gasteiger charge is 2.44. The molecule has 10 heteroatoms. The van der Waals surface area contributed by atoms with Crippen molar-refractivity contribution in [3.63, 3.8) is 0 Å². The van der Waals surface area contributed by atoms with Crippen molar-refractivity contribution in [2.75, 3.05) is 7.11 Å². The van der Waals surface area contributed by atoms with Gasteiger partial charge >= 0.3 is 24.1 Å². The van der Waals surface area contributed by atoms with Crippen LogP contribution in [-0.2, 0) is 30.3 Å². The molecule has 2 N–H and O–H groups in total. The third-order valence-electron chi connectivity index (χ3n) is 5.42. The first-order chi connectivity index (χ1) is 16.9. The largest absolute Gasteiger partial charge is 0.510 e. The zero-order valence-corrected chi connectivity index (χ0v) is 22.2. The summed E-state index contributed by atoms with van der Waals surface area (Å²) in [6.45, 7) is 10.8. The number of carbonyl (C=O) groups excluding carboxylic acids is 3. The molecular formula is C26H39NO9. The van der Waals surface area contributed by atoms with Crippen LogP contribution in [0.5, 0.6) is 11.5 Å². The van der Waals surface area contributed by atoms with Gasteiger partial charge in [0.25, 0.3) is 5.72 Å². The van der Waals surface area contributed by atoms with Crippen LogP contribution in [-0.4, -0.2) is 48.0 Å². The van der Waals surface area contributed by atoms with E-state index in [1.807, 2.05) is 13.8 Å². The molecule has 3 atom stereocenters. The molecule has 0 spiro atoms. The SMILES string of the molecule is CCCC(C)C(=O)Oc1ccc(C[C@](NC(C)C)(OC(=O)OC)C(=O)O)cc1OC(=O)C(C)CCC. The van der Waals surface area contributed by atoms with Crippen molar-refractivity contribution in [3.05, 3.63) is 23.8 Å². The van der Waals surface area contributed by atoms with Crippen molar-refractivity contribution in [1.82, 2.24) is 5.32 Å². The quantitative estimate of drug-likeness (QED) is 0.210. The van der Waals surface area contributed by atoms with E-state index in [4.69, 9.17) is 14.2 Å². The lowest BCUT2D eigenvalue weighted by Gasteiger charge is -2.31. The third-order valence-corrected chi connectivity index (χ3v) is 5.42. The first-order valence-corrected chi connectivity index (χ1v) is 12.2. The topological polar surface area (TPSA) is 137 Å². The highest BCUT2D eigenvalue weighted by Crippen LogP contribution is 2.32. The fraction of sp³-hybridized carbons (Fsp3) is 0.615. The van der Waals surface area contributed by atoms with Crippen molar-refractivity contribution in [2.24, 2.45) is 11.8 Å². The van der Waals surface area contributed by atoms with E-state index in [0.29, 0.717) is 18.4 Å². The minimum absolute atomic E-state index is 0.0283. The van der Waals surface area contributed by atoms with Crippen molar-refractivity contribution >= 4 is 24.1 Å². The van der Waals surface area contributed by atoms with E-state index >= 15 is 0 Å². The summed E-state index contributed by atoms with van der Waals surface area (Å²) in [5.41, 5.74) is -1.81. The zero-order chi connectivity index (χ0) is 27.5. The van der Waals surface area contributed by atoms with Crippen LogP contribution in [0.2, 0.25) is 0 Å². The van der Waals surface area contributed by atoms with Gasteiger partial charge in [0.15, 0.2) is 11.5 Å². The number of rotatable bonds is 14. The molecule has 0 aromatic heterocycles. The number of aliphatic carboxylic acids is 1. The molecule has 0 amide bonds. The fourth-order valence-electron chi connectivity index (χ4n) is 3.58. The van der Waals surface area contributed by atoms with Gasteiger partial charge in [0.2, 0.25) is 0 Å². The Morgan fingerprint density at radius 2 is 1.44 bits per heavy atom. The highest BCUT2D eigenvalue weighted by atomic mass is 16.7. The second kappa shape index (κ2) is 14.4. The van der Waals surface area contributed by atoms with Crippen molar-refractivity contribution in [1.29, 1.82) is 0 Å². The Balaban J connectivity index is 3.45. The molecule has 0 saturated heterocycles. The number of carboxylic acids is 1. The van der Waals surface area contributed by atoms with Gasteiger partial charge in [0, 0.05) is 12.5 Å². The summed E-state index contributed by atoms with van der Waals surface area (Å²) in [5, 5.41) is 12.7. The van der Waals surface area contributed by atoms with Crippen molar-refractivity contribution in [2.45, 2.75) is 85.4 Å². The number of hydrogen-bond donors (Lipinski definition) is 2. The molecule has 1 aromatic carbocycles. The Bertz CT molecular complexity index is 915. The molecule has 0 aliphatic heterocycles. The Hall–Kier alpha value is -3.14. The maximum absolute atomic E-state index is 12.7. The van der Waals surface area contributed by atoms with Crippen LogP contribution in [0.15, 0.2) is 18.2 Å². The van der Waals surface area contributed by atoms with Crippen LogP contribution in [0, 0.1) is 11.8 Å². The average Bonchev–Trinajstić information content (AvgIpc) is 2.80. The molecule has 10 nitrogen and oxygen atoms in total. The number of benzene rings is 1. The van der Waals surface area contributed by atoms with Gasteiger partial charge in [-0.2, -0.15) is 0 Å². The minimum atomic E-state index is -2.16. The van der Waals surface area contributed by atoms with E-state index < -0.39 is 35.7 Å². The minimum Gasteiger partial charge on any atom is -0.477 e. The van der Waals surface area contributed by atoms with Gasteiger partial charge in [-0.15, -0.1) is 0 Å². The van der Waals surface area contributed by atoms with Crippen LogP contribution in [0.4, 0.5) is 4.79 Å². The Labute approximate surface area is 212 Å². The normalized spacial score (nSPS) is 14.3. The van der Waals surface area contributed by atoms with E-state index in [1.54, 1.807) is 27.7 Å². The van der Waals surface area contributed by atoms with E-state index in [9.17, 15) is 24.3 Å². The van der Waals surface area contributed by atoms with Gasteiger partial charge in [-0.05, 0) is 44.4 Å². The van der Waals surface area contributed by atoms with E-state index in [2.05, 4.69) is 10.1 Å². The highest BCUT2D eigenvalue weighted by molar-refractivity contribution is 5.81. The standard InChI is InChI=1S/C26H39NO9/c1-8-10-17(5)22(28)34-20-13-12-19(14-21(20)35-23(29)18(6)11-9-2)15-26(24(30)31,27-16(3)4)36-25(32)33-7/h12-14,16-18,27H,8-11,15H2,1-7H3,(H,30,31)/t17?,18?,26-/m0/s1. The van der Waals surface area contributed by atoms with Gasteiger partial charge in [-0.3, -0.25) is 14.9 Å². The van der Waals surface area contributed by atoms with Gasteiger partial charge in [0.05, 0.1) is 18.9 Å². The molecule has 0 radical (unpaired) electrons. The zero-order valence-electron chi connectivity index (χ0n) is 22.2. The summed E-state index contributed by atoms with van der Waals surface area (Å²) in [6, 6.07) is 3.97. The lowest BCUT2D eigenvalue weighted by atomic mass is 10.0. The predicted molar refractivity (Wildman–Crippen MR) is 132 cm³/mol. The Morgan fingerprint density at radius 3 is 1.89 bits per heavy atom. The van der Waals surface area contributed by atoms with E-state index in [-0.39, 0.29) is 29.9 Å². The predicted octanol–water partition coefficient (Wildman–Crippen LogP) is 4.47. The molecule has 0 heterocycles. The number of carbonyl (C=O) groups is 4. The number of carboxylic acid groups (broad SMARTS) is 1. The monoisotopic (exact) mass is 509 g/mol. The molecule has 0 bridgehead atoms. The van der Waals surface area contributed by atoms with Gasteiger partial charge < -0.3 is 24.1 Å². The first kappa shape index (κ1) is 30.9. The molecule has 202 valence electrons. The maximum atomic E-state index is 12.7. The lowest BCUT2D eigenvalue weighted by molar-refractivity contribution is -0.166. The van der Waals surface area contributed by atoms with Crippen molar-refractivity contribution in [3.8, 4) is 11.5 Å². The summed E-state index contributed by atoms with van der Waals surface area (Å²) in [6.07, 6.45) is 1.30.